The van der Waals surface area contributed by atoms with Crippen LogP contribution >= 0.6 is 0 Å². The minimum Gasteiger partial charge on any atom is -0.398 e. The minimum absolute atomic E-state index is 0.144. The first-order valence-corrected chi connectivity index (χ1v) is 6.35. The lowest BCUT2D eigenvalue weighted by Crippen LogP contribution is -2.41. The summed E-state index contributed by atoms with van der Waals surface area (Å²) in [6.07, 6.45) is 1.42. The van der Waals surface area contributed by atoms with E-state index in [1.165, 1.54) is 0 Å². The normalized spacial score (nSPS) is 32.8. The fraction of sp³-hybridized carbons (Fsp3) is 0.750. The van der Waals surface area contributed by atoms with E-state index in [0.29, 0.717) is 6.42 Å². The molecule has 3 rings (SSSR count). The molecule has 2 atom stereocenters. The molecule has 1 aromatic heterocycles. The van der Waals surface area contributed by atoms with Crippen LogP contribution in [-0.2, 0) is 9.31 Å². The third kappa shape index (κ3) is 1.70. The molecule has 0 radical (unpaired) electrons. The SMILES string of the molecule is CC1(C)OB(c2ccnn2[C@@H]2C[C@@H]2F)OC1(C)C. The van der Waals surface area contributed by atoms with E-state index < -0.39 is 13.3 Å². The Hall–Kier alpha value is -0.875. The summed E-state index contributed by atoms with van der Waals surface area (Å²) in [5.41, 5.74) is 0.0374. The summed E-state index contributed by atoms with van der Waals surface area (Å²) in [4.78, 5) is 0. The van der Waals surface area contributed by atoms with Gasteiger partial charge in [-0.3, -0.25) is 4.68 Å². The van der Waals surface area contributed by atoms with E-state index in [9.17, 15) is 4.39 Å². The molecule has 1 saturated heterocycles. The van der Waals surface area contributed by atoms with Gasteiger partial charge in [-0.2, -0.15) is 5.10 Å². The summed E-state index contributed by atoms with van der Waals surface area (Å²) in [7, 11) is -0.467. The van der Waals surface area contributed by atoms with Gasteiger partial charge in [0.1, 0.15) is 6.17 Å². The minimum atomic E-state index is -0.786. The van der Waals surface area contributed by atoms with Gasteiger partial charge in [0.25, 0.3) is 0 Å². The number of hydrogen-bond donors (Lipinski definition) is 0. The number of hydrogen-bond acceptors (Lipinski definition) is 3. The summed E-state index contributed by atoms with van der Waals surface area (Å²) >= 11 is 0. The highest BCUT2D eigenvalue weighted by Gasteiger charge is 2.54. The van der Waals surface area contributed by atoms with Gasteiger partial charge in [0.05, 0.1) is 22.8 Å². The van der Waals surface area contributed by atoms with E-state index in [1.807, 2.05) is 33.8 Å². The summed E-state index contributed by atoms with van der Waals surface area (Å²) in [6.45, 7) is 8.01. The molecule has 1 aromatic rings. The van der Waals surface area contributed by atoms with Crippen molar-refractivity contribution >= 4 is 12.7 Å². The van der Waals surface area contributed by atoms with Crippen LogP contribution < -0.4 is 5.59 Å². The Morgan fingerprint density at radius 1 is 1.33 bits per heavy atom. The van der Waals surface area contributed by atoms with Gasteiger partial charge in [-0.15, -0.1) is 0 Å². The van der Waals surface area contributed by atoms with Crippen LogP contribution in [-0.4, -0.2) is 34.3 Å². The molecule has 0 aromatic carbocycles. The van der Waals surface area contributed by atoms with Crippen LogP contribution in [0.25, 0.3) is 0 Å². The molecule has 1 aliphatic heterocycles. The predicted molar refractivity (Wildman–Crippen MR) is 66.5 cm³/mol. The van der Waals surface area contributed by atoms with Gasteiger partial charge in [0.2, 0.25) is 0 Å². The van der Waals surface area contributed by atoms with Crippen molar-refractivity contribution in [1.29, 1.82) is 0 Å². The van der Waals surface area contributed by atoms with Crippen molar-refractivity contribution in [3.05, 3.63) is 12.3 Å². The Morgan fingerprint density at radius 3 is 2.39 bits per heavy atom. The highest BCUT2D eigenvalue weighted by Crippen LogP contribution is 2.39. The van der Waals surface area contributed by atoms with Crippen LogP contribution in [0, 0.1) is 0 Å². The van der Waals surface area contributed by atoms with Crippen LogP contribution in [0.1, 0.15) is 40.2 Å². The van der Waals surface area contributed by atoms with Gasteiger partial charge in [-0.25, -0.2) is 4.39 Å². The van der Waals surface area contributed by atoms with Gasteiger partial charge < -0.3 is 9.31 Å². The molecule has 2 heterocycles. The third-order valence-corrected chi connectivity index (χ3v) is 4.19. The Labute approximate surface area is 107 Å². The zero-order chi connectivity index (χ0) is 13.1. The summed E-state index contributed by atoms with van der Waals surface area (Å²) in [5, 5.41) is 4.19. The first kappa shape index (κ1) is 12.2. The average Bonchev–Trinajstić information content (AvgIpc) is 2.73. The Balaban J connectivity index is 1.87. The summed E-state index contributed by atoms with van der Waals surface area (Å²) < 4.78 is 26.8. The smallest absolute Gasteiger partial charge is 0.398 e. The summed E-state index contributed by atoms with van der Waals surface area (Å²) in [5.74, 6) is 0. The second-order valence-electron chi connectivity index (χ2n) is 6.11. The van der Waals surface area contributed by atoms with E-state index in [0.717, 1.165) is 5.59 Å². The van der Waals surface area contributed by atoms with Crippen LogP contribution in [0.3, 0.4) is 0 Å². The predicted octanol–water partition coefficient (Wildman–Crippen LogP) is 1.47. The second-order valence-corrected chi connectivity index (χ2v) is 6.11. The van der Waals surface area contributed by atoms with E-state index >= 15 is 0 Å². The molecule has 0 unspecified atom stereocenters. The lowest BCUT2D eigenvalue weighted by Gasteiger charge is -2.32. The third-order valence-electron chi connectivity index (χ3n) is 4.19. The molecule has 4 nitrogen and oxygen atoms in total. The maximum absolute atomic E-state index is 13.2. The van der Waals surface area contributed by atoms with Crippen molar-refractivity contribution in [2.45, 2.75) is 57.5 Å². The molecule has 6 heteroatoms. The van der Waals surface area contributed by atoms with E-state index in [-0.39, 0.29) is 17.2 Å². The second kappa shape index (κ2) is 3.57. The maximum atomic E-state index is 13.2. The molecule has 18 heavy (non-hydrogen) atoms. The zero-order valence-electron chi connectivity index (χ0n) is 11.2. The Bertz CT molecular complexity index is 458. The van der Waals surface area contributed by atoms with Gasteiger partial charge in [0, 0.05) is 12.6 Å². The molecule has 0 bridgehead atoms. The first-order valence-electron chi connectivity index (χ1n) is 6.35. The van der Waals surface area contributed by atoms with Crippen LogP contribution in [0.15, 0.2) is 12.3 Å². The average molecular weight is 252 g/mol. The van der Waals surface area contributed by atoms with Gasteiger partial charge >= 0.3 is 7.12 Å². The largest absolute Gasteiger partial charge is 0.514 e. The molecule has 2 aliphatic rings. The van der Waals surface area contributed by atoms with Crippen LogP contribution in [0.4, 0.5) is 4.39 Å². The highest BCUT2D eigenvalue weighted by molar-refractivity contribution is 6.61. The molecule has 2 fully saturated rings. The monoisotopic (exact) mass is 252 g/mol. The fourth-order valence-electron chi connectivity index (χ4n) is 2.16. The van der Waals surface area contributed by atoms with Crippen molar-refractivity contribution in [3.63, 3.8) is 0 Å². The van der Waals surface area contributed by atoms with Gasteiger partial charge in [-0.05, 0) is 33.8 Å². The highest BCUT2D eigenvalue weighted by atomic mass is 19.1. The summed E-state index contributed by atoms with van der Waals surface area (Å²) in [6, 6.07) is 1.70. The zero-order valence-corrected chi connectivity index (χ0v) is 11.2. The fourth-order valence-corrected chi connectivity index (χ4v) is 2.16. The van der Waals surface area contributed by atoms with Crippen molar-refractivity contribution in [2.75, 3.05) is 0 Å². The topological polar surface area (TPSA) is 36.3 Å². The van der Waals surface area contributed by atoms with Crippen molar-refractivity contribution in [2.24, 2.45) is 0 Å². The molecule has 1 aliphatic carbocycles. The molecule has 0 spiro atoms. The van der Waals surface area contributed by atoms with Crippen molar-refractivity contribution in [1.82, 2.24) is 9.78 Å². The van der Waals surface area contributed by atoms with E-state index in [2.05, 4.69) is 5.10 Å². The Morgan fingerprint density at radius 2 is 1.89 bits per heavy atom. The lowest BCUT2D eigenvalue weighted by atomic mass is 9.84. The number of aromatic nitrogens is 2. The first-order chi connectivity index (χ1) is 8.32. The standard InChI is InChI=1S/C12H18BFN2O2/c1-11(2)12(3,4)18-13(17-11)10-5-6-15-16(10)9-7-8(9)14/h5-6,8-9H,7H2,1-4H3/t8-,9+/m0/s1. The quantitative estimate of drug-likeness (QED) is 0.748. The molecule has 0 N–H and O–H groups in total. The van der Waals surface area contributed by atoms with Crippen LogP contribution in [0.2, 0.25) is 0 Å². The molecular weight excluding hydrogens is 234 g/mol. The molecule has 98 valence electrons. The van der Waals surface area contributed by atoms with Crippen molar-refractivity contribution in [3.8, 4) is 0 Å². The van der Waals surface area contributed by atoms with Gasteiger partial charge in [-0.1, -0.05) is 0 Å². The van der Waals surface area contributed by atoms with Gasteiger partial charge in [0.15, 0.2) is 0 Å². The number of alkyl halides is 1. The maximum Gasteiger partial charge on any atom is 0.514 e. The van der Waals surface area contributed by atoms with Crippen LogP contribution in [0.5, 0.6) is 0 Å². The number of halogens is 1. The van der Waals surface area contributed by atoms with Crippen molar-refractivity contribution < 1.29 is 13.7 Å². The molecule has 0 amide bonds. The number of rotatable bonds is 2. The van der Waals surface area contributed by atoms with E-state index in [1.54, 1.807) is 10.9 Å². The van der Waals surface area contributed by atoms with E-state index in [4.69, 9.17) is 9.31 Å². The Kier molecular flexibility index (Phi) is 2.42. The molecular formula is C12H18BFN2O2. The number of nitrogens with zero attached hydrogens (tertiary/aromatic N) is 2. The molecule has 1 saturated carbocycles. The lowest BCUT2D eigenvalue weighted by molar-refractivity contribution is 0.00578.